The molecular weight excluding hydrogens is 313 g/mol. The Hall–Kier alpha value is -1.92. The molecule has 0 saturated carbocycles. The molecule has 3 aliphatic rings. The Morgan fingerprint density at radius 1 is 1.50 bits per heavy atom. The monoisotopic (exact) mass is 322 g/mol. The van der Waals surface area contributed by atoms with Gasteiger partial charge in [0.25, 0.3) is 0 Å². The van der Waals surface area contributed by atoms with Gasteiger partial charge in [0.15, 0.2) is 0 Å². The molecule has 1 aromatic carbocycles. The molecule has 4 atom stereocenters. The van der Waals surface area contributed by atoms with Crippen LogP contribution in [0.3, 0.4) is 0 Å². The molecule has 2 fully saturated rings. The molecule has 114 valence electrons. The summed E-state index contributed by atoms with van der Waals surface area (Å²) in [5.41, 5.74) is -0.643. The zero-order valence-electron chi connectivity index (χ0n) is 11.2. The van der Waals surface area contributed by atoms with E-state index in [1.54, 1.807) is 12.2 Å². The number of fused-ring (bicyclic) bond motifs is 1. The van der Waals surface area contributed by atoms with Crippen LogP contribution in [0.5, 0.6) is 0 Å². The van der Waals surface area contributed by atoms with Crippen LogP contribution in [-0.4, -0.2) is 30.1 Å². The summed E-state index contributed by atoms with van der Waals surface area (Å²) >= 11 is 5.65. The third-order valence-electron chi connectivity index (χ3n) is 4.59. The van der Waals surface area contributed by atoms with Gasteiger partial charge in [0, 0.05) is 17.6 Å². The number of aliphatic carboxylic acids is 1. The molecule has 5 nitrogen and oxygen atoms in total. The first kappa shape index (κ1) is 13.7. The van der Waals surface area contributed by atoms with Crippen LogP contribution in [0.4, 0.5) is 10.1 Å². The van der Waals surface area contributed by atoms with E-state index < -0.39 is 41.2 Å². The summed E-state index contributed by atoms with van der Waals surface area (Å²) in [6.45, 7) is 0.147. The molecule has 0 aromatic heterocycles. The maximum Gasteiger partial charge on any atom is 0.234 e. The van der Waals surface area contributed by atoms with Gasteiger partial charge in [0.05, 0.1) is 23.6 Å². The van der Waals surface area contributed by atoms with Crippen LogP contribution < -0.4 is 10.0 Å². The molecule has 1 amide bonds. The quantitative estimate of drug-likeness (QED) is 0.744. The molecular formula is C15H10ClFNO4-. The Balaban J connectivity index is 1.74. The summed E-state index contributed by atoms with van der Waals surface area (Å²) in [4.78, 5) is 25.3. The molecule has 0 N–H and O–H groups in total. The second-order valence-electron chi connectivity index (χ2n) is 5.74. The molecule has 0 unspecified atom stereocenters. The first-order chi connectivity index (χ1) is 10.4. The number of ether oxygens (including phenoxy) is 1. The summed E-state index contributed by atoms with van der Waals surface area (Å²) in [6, 6.07) is 4.03. The van der Waals surface area contributed by atoms with Gasteiger partial charge >= 0.3 is 0 Å². The van der Waals surface area contributed by atoms with Gasteiger partial charge in [-0.15, -0.1) is 0 Å². The van der Waals surface area contributed by atoms with Crippen molar-refractivity contribution < 1.29 is 23.8 Å². The maximum absolute atomic E-state index is 13.6. The van der Waals surface area contributed by atoms with Crippen molar-refractivity contribution in [3.05, 3.63) is 41.2 Å². The van der Waals surface area contributed by atoms with Crippen molar-refractivity contribution in [2.45, 2.75) is 11.7 Å². The van der Waals surface area contributed by atoms with Crippen LogP contribution in [0.25, 0.3) is 0 Å². The van der Waals surface area contributed by atoms with E-state index in [1.165, 1.54) is 17.0 Å². The lowest BCUT2D eigenvalue weighted by molar-refractivity contribution is -0.313. The number of anilines is 1. The number of carbonyl (C=O) groups excluding carboxylic acids is 2. The van der Waals surface area contributed by atoms with E-state index in [2.05, 4.69) is 0 Å². The van der Waals surface area contributed by atoms with E-state index in [4.69, 9.17) is 16.3 Å². The van der Waals surface area contributed by atoms with Crippen molar-refractivity contribution in [1.29, 1.82) is 0 Å². The van der Waals surface area contributed by atoms with Crippen LogP contribution in [0, 0.1) is 17.7 Å². The summed E-state index contributed by atoms with van der Waals surface area (Å²) in [5.74, 6) is -4.20. The van der Waals surface area contributed by atoms with Crippen LogP contribution in [-0.2, 0) is 14.3 Å². The normalized spacial score (nSPS) is 35.3. The Bertz CT molecular complexity index is 736. The molecule has 2 saturated heterocycles. The molecule has 4 rings (SSSR count). The third kappa shape index (κ3) is 1.62. The molecule has 3 heterocycles. The van der Waals surface area contributed by atoms with Crippen molar-refractivity contribution in [3.8, 4) is 0 Å². The van der Waals surface area contributed by atoms with Gasteiger partial charge in [0.1, 0.15) is 11.4 Å². The minimum Gasteiger partial charge on any atom is -0.550 e. The van der Waals surface area contributed by atoms with E-state index in [1.807, 2.05) is 0 Å². The highest BCUT2D eigenvalue weighted by Crippen LogP contribution is 2.52. The molecule has 2 bridgehead atoms. The van der Waals surface area contributed by atoms with Gasteiger partial charge in [0.2, 0.25) is 5.91 Å². The number of carbonyl (C=O) groups is 2. The summed E-state index contributed by atoms with van der Waals surface area (Å²) in [7, 11) is 0. The molecule has 1 spiro atoms. The maximum atomic E-state index is 13.6. The van der Waals surface area contributed by atoms with E-state index >= 15 is 0 Å². The summed E-state index contributed by atoms with van der Waals surface area (Å²) in [5, 5.41) is 11.3. The highest BCUT2D eigenvalue weighted by atomic mass is 35.5. The number of halogens is 2. The highest BCUT2D eigenvalue weighted by molar-refractivity contribution is 6.30. The Morgan fingerprint density at radius 2 is 2.27 bits per heavy atom. The zero-order chi connectivity index (χ0) is 15.6. The van der Waals surface area contributed by atoms with E-state index in [-0.39, 0.29) is 11.6 Å². The minimum absolute atomic E-state index is 0.0431. The number of carboxylic acid groups (broad SMARTS) is 1. The SMILES string of the molecule is O=C([O-])[C@H]1[C@@H]2C=C[C@]3(CN(c4ccc(Cl)c(F)c4)C(=O)[C@@H]13)O2. The van der Waals surface area contributed by atoms with Gasteiger partial charge in [-0.25, -0.2) is 4.39 Å². The molecule has 0 aliphatic carbocycles. The zero-order valence-corrected chi connectivity index (χ0v) is 11.9. The number of carboxylic acids is 1. The minimum atomic E-state index is -1.31. The van der Waals surface area contributed by atoms with E-state index in [9.17, 15) is 19.1 Å². The van der Waals surface area contributed by atoms with Gasteiger partial charge in [-0.05, 0) is 18.2 Å². The molecule has 7 heteroatoms. The van der Waals surface area contributed by atoms with E-state index in [0.717, 1.165) is 6.07 Å². The lowest BCUT2D eigenvalue weighted by Gasteiger charge is -2.24. The van der Waals surface area contributed by atoms with Gasteiger partial charge < -0.3 is 19.5 Å². The standard InChI is InChI=1S/C15H11ClFNO4/c16-8-2-1-7(5-9(8)17)18-6-15-4-3-10(22-15)11(14(20)21)12(15)13(18)19/h1-5,10-12H,6H2,(H,20,21)/p-1/t10-,11-,12+,15+/m0/s1. The van der Waals surface area contributed by atoms with Gasteiger partial charge in [-0.2, -0.15) is 0 Å². The van der Waals surface area contributed by atoms with Crippen LogP contribution >= 0.6 is 11.6 Å². The van der Waals surface area contributed by atoms with Crippen molar-refractivity contribution >= 4 is 29.2 Å². The highest BCUT2D eigenvalue weighted by Gasteiger charge is 2.65. The Labute approximate surface area is 129 Å². The first-order valence-electron chi connectivity index (χ1n) is 6.77. The van der Waals surface area contributed by atoms with Crippen LogP contribution in [0.2, 0.25) is 5.02 Å². The van der Waals surface area contributed by atoms with Crippen molar-refractivity contribution in [2.24, 2.45) is 11.8 Å². The van der Waals surface area contributed by atoms with Gasteiger partial charge in [-0.3, -0.25) is 4.79 Å². The predicted molar refractivity (Wildman–Crippen MR) is 72.5 cm³/mol. The fourth-order valence-electron chi connectivity index (χ4n) is 3.64. The van der Waals surface area contributed by atoms with Gasteiger partial charge in [-0.1, -0.05) is 23.8 Å². The van der Waals surface area contributed by atoms with Crippen LogP contribution in [0.1, 0.15) is 0 Å². The third-order valence-corrected chi connectivity index (χ3v) is 4.89. The lowest BCUT2D eigenvalue weighted by atomic mass is 9.77. The largest absolute Gasteiger partial charge is 0.550 e. The molecule has 3 aliphatic heterocycles. The second kappa shape index (κ2) is 4.30. The number of hydrogen-bond donors (Lipinski definition) is 0. The number of benzene rings is 1. The van der Waals surface area contributed by atoms with E-state index in [0.29, 0.717) is 5.69 Å². The Morgan fingerprint density at radius 3 is 2.95 bits per heavy atom. The summed E-state index contributed by atoms with van der Waals surface area (Å²) in [6.07, 6.45) is 2.74. The van der Waals surface area contributed by atoms with Crippen LogP contribution in [0.15, 0.2) is 30.4 Å². The van der Waals surface area contributed by atoms with Crippen molar-refractivity contribution in [1.82, 2.24) is 0 Å². The topological polar surface area (TPSA) is 69.7 Å². The molecule has 1 aromatic rings. The van der Waals surface area contributed by atoms with Crippen molar-refractivity contribution in [2.75, 3.05) is 11.4 Å². The smallest absolute Gasteiger partial charge is 0.234 e. The first-order valence-corrected chi connectivity index (χ1v) is 7.15. The van der Waals surface area contributed by atoms with Crippen molar-refractivity contribution in [3.63, 3.8) is 0 Å². The fraction of sp³-hybridized carbons (Fsp3) is 0.333. The predicted octanol–water partition coefficient (Wildman–Crippen LogP) is 0.515. The number of hydrogen-bond acceptors (Lipinski definition) is 4. The summed E-state index contributed by atoms with van der Waals surface area (Å²) < 4.78 is 19.3. The number of nitrogens with zero attached hydrogens (tertiary/aromatic N) is 1. The average molecular weight is 323 g/mol. The lowest BCUT2D eigenvalue weighted by Crippen LogP contribution is -2.45. The fourth-order valence-corrected chi connectivity index (χ4v) is 3.76. The average Bonchev–Trinajstić information content (AvgIpc) is 3.10. The molecule has 0 radical (unpaired) electrons. The Kier molecular flexibility index (Phi) is 2.68. The second-order valence-corrected chi connectivity index (χ2v) is 6.15. The number of rotatable bonds is 2. The molecule has 22 heavy (non-hydrogen) atoms. The number of amides is 1.